The summed E-state index contributed by atoms with van der Waals surface area (Å²) >= 11 is 0. The van der Waals surface area contributed by atoms with Crippen LogP contribution in [-0.2, 0) is 12.1 Å². The lowest BCUT2D eigenvalue weighted by atomic mass is 9.86. The number of piperidine rings is 1. The van der Waals surface area contributed by atoms with E-state index in [-0.39, 0.29) is 0 Å². The third-order valence-corrected chi connectivity index (χ3v) is 4.13. The Kier molecular flexibility index (Phi) is 4.97. The van der Waals surface area contributed by atoms with Crippen molar-refractivity contribution in [3.05, 3.63) is 35.4 Å². The Morgan fingerprint density at radius 3 is 2.74 bits per heavy atom. The maximum atomic E-state index is 10.7. The van der Waals surface area contributed by atoms with E-state index in [9.17, 15) is 5.11 Å². The minimum absolute atomic E-state index is 0.668. The van der Waals surface area contributed by atoms with Crippen molar-refractivity contribution in [1.82, 2.24) is 10.2 Å². The van der Waals surface area contributed by atoms with Crippen molar-refractivity contribution in [3.8, 4) is 0 Å². The first-order valence-corrected chi connectivity index (χ1v) is 7.43. The Morgan fingerprint density at radius 1 is 1.32 bits per heavy atom. The molecule has 2 rings (SSSR count). The molecule has 1 fully saturated rings. The van der Waals surface area contributed by atoms with Gasteiger partial charge in [-0.2, -0.15) is 0 Å². The third kappa shape index (κ3) is 3.56. The van der Waals surface area contributed by atoms with Crippen molar-refractivity contribution in [2.24, 2.45) is 0 Å². The zero-order valence-electron chi connectivity index (χ0n) is 12.2. The van der Waals surface area contributed by atoms with E-state index in [1.807, 2.05) is 0 Å². The van der Waals surface area contributed by atoms with Gasteiger partial charge >= 0.3 is 0 Å². The van der Waals surface area contributed by atoms with Crippen LogP contribution in [-0.4, -0.2) is 36.2 Å². The van der Waals surface area contributed by atoms with Gasteiger partial charge in [0.25, 0.3) is 0 Å². The maximum Gasteiger partial charge on any atom is 0.102 e. The van der Waals surface area contributed by atoms with E-state index >= 15 is 0 Å². The SMILES string of the molecule is CCN(CC)Cc1cccc(C2(O)CCCNC2)c1. The van der Waals surface area contributed by atoms with E-state index < -0.39 is 5.60 Å². The number of aliphatic hydroxyl groups is 1. The van der Waals surface area contributed by atoms with Gasteiger partial charge in [-0.1, -0.05) is 38.1 Å². The lowest BCUT2D eigenvalue weighted by Crippen LogP contribution is -2.43. The van der Waals surface area contributed by atoms with Gasteiger partial charge in [0.05, 0.1) is 0 Å². The highest BCUT2D eigenvalue weighted by atomic mass is 16.3. The molecule has 1 atom stereocenters. The molecule has 3 nitrogen and oxygen atoms in total. The fraction of sp³-hybridized carbons (Fsp3) is 0.625. The Bertz CT molecular complexity index is 395. The van der Waals surface area contributed by atoms with E-state index in [0.29, 0.717) is 6.54 Å². The average Bonchev–Trinajstić information content (AvgIpc) is 2.46. The lowest BCUT2D eigenvalue weighted by molar-refractivity contribution is 0.0122. The van der Waals surface area contributed by atoms with Crippen LogP contribution in [0, 0.1) is 0 Å². The molecule has 1 unspecified atom stereocenters. The largest absolute Gasteiger partial charge is 0.384 e. The highest BCUT2D eigenvalue weighted by Gasteiger charge is 2.31. The minimum atomic E-state index is -0.683. The van der Waals surface area contributed by atoms with Gasteiger partial charge in [0.1, 0.15) is 5.60 Å². The Hall–Kier alpha value is -0.900. The quantitative estimate of drug-likeness (QED) is 0.853. The van der Waals surface area contributed by atoms with Crippen LogP contribution in [0.15, 0.2) is 24.3 Å². The van der Waals surface area contributed by atoms with Gasteiger partial charge in [-0.15, -0.1) is 0 Å². The van der Waals surface area contributed by atoms with Crippen LogP contribution in [0.4, 0.5) is 0 Å². The second-order valence-corrected chi connectivity index (χ2v) is 5.47. The summed E-state index contributed by atoms with van der Waals surface area (Å²) < 4.78 is 0. The van der Waals surface area contributed by atoms with Gasteiger partial charge in [0.15, 0.2) is 0 Å². The van der Waals surface area contributed by atoms with Crippen molar-refractivity contribution >= 4 is 0 Å². The van der Waals surface area contributed by atoms with E-state index in [0.717, 1.165) is 44.6 Å². The van der Waals surface area contributed by atoms with Gasteiger partial charge in [-0.3, -0.25) is 4.90 Å². The summed E-state index contributed by atoms with van der Waals surface area (Å²) in [6.45, 7) is 9.14. The molecule has 0 saturated carbocycles. The summed E-state index contributed by atoms with van der Waals surface area (Å²) in [6.07, 6.45) is 1.89. The normalized spacial score (nSPS) is 23.8. The van der Waals surface area contributed by atoms with Crippen LogP contribution in [0.25, 0.3) is 0 Å². The fourth-order valence-electron chi connectivity index (χ4n) is 2.80. The Labute approximate surface area is 116 Å². The average molecular weight is 262 g/mol. The number of nitrogens with zero attached hydrogens (tertiary/aromatic N) is 1. The number of β-amino-alcohol motifs (C(OH)–C–C–N with tert-alkyl or cyclic N) is 1. The highest BCUT2D eigenvalue weighted by Crippen LogP contribution is 2.28. The number of rotatable bonds is 5. The molecule has 1 aromatic carbocycles. The van der Waals surface area contributed by atoms with Crippen molar-refractivity contribution in [2.75, 3.05) is 26.2 Å². The van der Waals surface area contributed by atoms with E-state index in [1.54, 1.807) is 0 Å². The van der Waals surface area contributed by atoms with Gasteiger partial charge in [-0.25, -0.2) is 0 Å². The summed E-state index contributed by atoms with van der Waals surface area (Å²) in [5.41, 5.74) is 1.67. The molecule has 1 saturated heterocycles. The predicted molar refractivity (Wildman–Crippen MR) is 79.1 cm³/mol. The molecule has 1 aromatic rings. The number of hydrogen-bond donors (Lipinski definition) is 2. The standard InChI is InChI=1S/C16H26N2O/c1-3-18(4-2)12-14-7-5-8-15(11-14)16(19)9-6-10-17-13-16/h5,7-8,11,17,19H,3-4,6,9-10,12-13H2,1-2H3. The summed E-state index contributed by atoms with van der Waals surface area (Å²) in [4.78, 5) is 2.39. The molecule has 0 radical (unpaired) electrons. The molecular weight excluding hydrogens is 236 g/mol. The molecule has 1 aliphatic rings. The van der Waals surface area contributed by atoms with Crippen molar-refractivity contribution < 1.29 is 5.11 Å². The predicted octanol–water partition coefficient (Wildman–Crippen LogP) is 2.10. The van der Waals surface area contributed by atoms with Crippen LogP contribution in [0.1, 0.15) is 37.8 Å². The van der Waals surface area contributed by atoms with E-state index in [1.165, 1.54) is 5.56 Å². The summed E-state index contributed by atoms with van der Waals surface area (Å²) in [7, 11) is 0. The van der Waals surface area contributed by atoms with Gasteiger partial charge < -0.3 is 10.4 Å². The second kappa shape index (κ2) is 6.51. The van der Waals surface area contributed by atoms with Gasteiger partial charge in [0.2, 0.25) is 0 Å². The van der Waals surface area contributed by atoms with Crippen molar-refractivity contribution in [1.29, 1.82) is 0 Å². The number of benzene rings is 1. The van der Waals surface area contributed by atoms with Gasteiger partial charge in [-0.05, 0) is 43.6 Å². The summed E-state index contributed by atoms with van der Waals surface area (Å²) in [5, 5.41) is 14.0. The molecule has 0 aromatic heterocycles. The number of hydrogen-bond acceptors (Lipinski definition) is 3. The van der Waals surface area contributed by atoms with Crippen molar-refractivity contribution in [3.63, 3.8) is 0 Å². The molecule has 0 amide bonds. The van der Waals surface area contributed by atoms with Crippen LogP contribution in [0.5, 0.6) is 0 Å². The maximum absolute atomic E-state index is 10.7. The molecule has 0 bridgehead atoms. The highest BCUT2D eigenvalue weighted by molar-refractivity contribution is 5.29. The lowest BCUT2D eigenvalue weighted by Gasteiger charge is -2.33. The van der Waals surface area contributed by atoms with E-state index in [4.69, 9.17) is 0 Å². The topological polar surface area (TPSA) is 35.5 Å². The first-order chi connectivity index (χ1) is 9.18. The van der Waals surface area contributed by atoms with Gasteiger partial charge in [0, 0.05) is 13.1 Å². The molecule has 106 valence electrons. The zero-order chi connectivity index (χ0) is 13.7. The first kappa shape index (κ1) is 14.5. The smallest absolute Gasteiger partial charge is 0.102 e. The molecule has 19 heavy (non-hydrogen) atoms. The van der Waals surface area contributed by atoms with Crippen molar-refractivity contribution in [2.45, 2.75) is 38.8 Å². The molecule has 1 aliphatic heterocycles. The monoisotopic (exact) mass is 262 g/mol. The first-order valence-electron chi connectivity index (χ1n) is 7.43. The molecule has 1 heterocycles. The molecule has 0 aliphatic carbocycles. The second-order valence-electron chi connectivity index (χ2n) is 5.47. The summed E-state index contributed by atoms with van der Waals surface area (Å²) in [6, 6.07) is 8.45. The molecule has 3 heteroatoms. The van der Waals surface area contributed by atoms with Crippen LogP contribution >= 0.6 is 0 Å². The minimum Gasteiger partial charge on any atom is -0.384 e. The Morgan fingerprint density at radius 2 is 2.11 bits per heavy atom. The number of nitrogens with one attached hydrogen (secondary N) is 1. The molecular formula is C16H26N2O. The van der Waals surface area contributed by atoms with Crippen LogP contribution < -0.4 is 5.32 Å². The fourth-order valence-corrected chi connectivity index (χ4v) is 2.80. The Balaban J connectivity index is 2.14. The van der Waals surface area contributed by atoms with Crippen LogP contribution in [0.2, 0.25) is 0 Å². The van der Waals surface area contributed by atoms with E-state index in [2.05, 4.69) is 48.3 Å². The third-order valence-electron chi connectivity index (χ3n) is 4.13. The van der Waals surface area contributed by atoms with Crippen LogP contribution in [0.3, 0.4) is 0 Å². The zero-order valence-corrected chi connectivity index (χ0v) is 12.2. The summed E-state index contributed by atoms with van der Waals surface area (Å²) in [5.74, 6) is 0. The molecule has 0 spiro atoms. The molecule has 2 N–H and O–H groups in total.